The molecule has 0 aliphatic rings. The molecule has 0 fully saturated rings. The number of nitrogens with two attached hydrogens (primary N) is 1. The van der Waals surface area contributed by atoms with Gasteiger partial charge in [0.1, 0.15) is 6.04 Å². The first-order valence-corrected chi connectivity index (χ1v) is 9.51. The summed E-state index contributed by atoms with van der Waals surface area (Å²) in [7, 11) is 0. The van der Waals surface area contributed by atoms with Crippen LogP contribution in [0.3, 0.4) is 0 Å². The minimum atomic E-state index is -0.697. The maximum Gasteiger partial charge on any atom is 0.240 e. The van der Waals surface area contributed by atoms with Crippen LogP contribution in [-0.4, -0.2) is 47.1 Å². The second kappa shape index (κ2) is 12.3. The van der Waals surface area contributed by atoms with Gasteiger partial charge in [-0.2, -0.15) is 0 Å². The predicted molar refractivity (Wildman–Crippen MR) is 98.2 cm³/mol. The summed E-state index contributed by atoms with van der Waals surface area (Å²) in [5.74, 6) is -0.203. The molecule has 23 heavy (non-hydrogen) atoms. The van der Waals surface area contributed by atoms with Crippen LogP contribution in [0, 0.1) is 0 Å². The third-order valence-electron chi connectivity index (χ3n) is 2.67. The van der Waals surface area contributed by atoms with Crippen molar-refractivity contribution in [3.05, 3.63) is 11.5 Å². The van der Waals surface area contributed by atoms with Crippen molar-refractivity contribution >= 4 is 41.2 Å². The van der Waals surface area contributed by atoms with E-state index >= 15 is 0 Å². The standard InChI is InChI=1S/C15H27N3O3S2/c1-10(2)22-8-13(19)17-7-5-6-12(15(16)21)18-14(20)9-23-11(3)4/h11-12H,1,5-9H2,2-4H3,(H2,16,21)(H,17,19)(H,18,20). The smallest absolute Gasteiger partial charge is 0.240 e. The summed E-state index contributed by atoms with van der Waals surface area (Å²) in [6.07, 6.45) is 0.968. The molecule has 0 bridgehead atoms. The Bertz CT molecular complexity index is 428. The summed E-state index contributed by atoms with van der Waals surface area (Å²) in [4.78, 5) is 35.5. The molecule has 1 unspecified atom stereocenters. The molecule has 0 aromatic heterocycles. The fourth-order valence-corrected chi connectivity index (χ4v) is 2.59. The minimum Gasteiger partial charge on any atom is -0.368 e. The minimum absolute atomic E-state index is 0.0778. The molecule has 1 atom stereocenters. The topological polar surface area (TPSA) is 101 Å². The predicted octanol–water partition coefficient (Wildman–Crippen LogP) is 1.26. The summed E-state index contributed by atoms with van der Waals surface area (Å²) in [5.41, 5.74) is 5.30. The molecule has 0 radical (unpaired) electrons. The van der Waals surface area contributed by atoms with Crippen molar-refractivity contribution in [1.29, 1.82) is 0 Å². The molecule has 0 spiro atoms. The van der Waals surface area contributed by atoms with Crippen molar-refractivity contribution in [3.63, 3.8) is 0 Å². The summed E-state index contributed by atoms with van der Waals surface area (Å²) in [5, 5.41) is 5.74. The van der Waals surface area contributed by atoms with Crippen molar-refractivity contribution in [2.24, 2.45) is 5.73 Å². The molecular formula is C15H27N3O3S2. The Morgan fingerprint density at radius 1 is 1.17 bits per heavy atom. The van der Waals surface area contributed by atoms with E-state index < -0.39 is 11.9 Å². The SMILES string of the molecule is C=C(C)SCC(=O)NCCCC(NC(=O)CSC(C)C)C(N)=O. The number of hydrogen-bond acceptors (Lipinski definition) is 5. The van der Waals surface area contributed by atoms with E-state index in [0.717, 1.165) is 4.91 Å². The lowest BCUT2D eigenvalue weighted by Gasteiger charge is -2.16. The lowest BCUT2D eigenvalue weighted by atomic mass is 10.1. The quantitative estimate of drug-likeness (QED) is 0.454. The van der Waals surface area contributed by atoms with E-state index in [-0.39, 0.29) is 11.8 Å². The van der Waals surface area contributed by atoms with Crippen molar-refractivity contribution in [3.8, 4) is 0 Å². The van der Waals surface area contributed by atoms with Crippen LogP contribution in [0.2, 0.25) is 0 Å². The van der Waals surface area contributed by atoms with Crippen LogP contribution >= 0.6 is 23.5 Å². The van der Waals surface area contributed by atoms with Gasteiger partial charge in [-0.15, -0.1) is 23.5 Å². The molecule has 8 heteroatoms. The van der Waals surface area contributed by atoms with Crippen LogP contribution in [0.5, 0.6) is 0 Å². The van der Waals surface area contributed by atoms with E-state index in [4.69, 9.17) is 5.73 Å². The number of primary amides is 1. The van der Waals surface area contributed by atoms with E-state index in [1.807, 2.05) is 20.8 Å². The number of carbonyl (C=O) groups excluding carboxylic acids is 3. The molecule has 4 N–H and O–H groups in total. The van der Waals surface area contributed by atoms with E-state index in [0.29, 0.717) is 36.1 Å². The van der Waals surface area contributed by atoms with Gasteiger partial charge in [-0.25, -0.2) is 0 Å². The number of allylic oxidation sites excluding steroid dienone is 1. The molecule has 132 valence electrons. The molecule has 3 amide bonds. The van der Waals surface area contributed by atoms with Gasteiger partial charge in [-0.05, 0) is 29.9 Å². The van der Waals surface area contributed by atoms with Crippen molar-refractivity contribution in [2.45, 2.75) is 44.9 Å². The maximum atomic E-state index is 11.7. The molecule has 0 saturated heterocycles. The highest BCUT2D eigenvalue weighted by Gasteiger charge is 2.17. The van der Waals surface area contributed by atoms with E-state index in [1.54, 1.807) is 0 Å². The average Bonchev–Trinajstić information content (AvgIpc) is 2.45. The van der Waals surface area contributed by atoms with Gasteiger partial charge >= 0.3 is 0 Å². The highest BCUT2D eigenvalue weighted by molar-refractivity contribution is 8.03. The lowest BCUT2D eigenvalue weighted by Crippen LogP contribution is -2.45. The van der Waals surface area contributed by atoms with Gasteiger partial charge in [0, 0.05) is 6.54 Å². The first-order valence-electron chi connectivity index (χ1n) is 7.47. The largest absolute Gasteiger partial charge is 0.368 e. The maximum absolute atomic E-state index is 11.7. The lowest BCUT2D eigenvalue weighted by molar-refractivity contribution is -0.126. The number of rotatable bonds is 12. The van der Waals surface area contributed by atoms with E-state index in [1.165, 1.54) is 23.5 Å². The molecule has 0 aliphatic heterocycles. The number of thioether (sulfide) groups is 2. The van der Waals surface area contributed by atoms with E-state index in [2.05, 4.69) is 17.2 Å². The number of hydrogen-bond donors (Lipinski definition) is 3. The zero-order valence-corrected chi connectivity index (χ0v) is 15.6. The van der Waals surface area contributed by atoms with Gasteiger partial charge in [0.2, 0.25) is 17.7 Å². The molecule has 0 aromatic carbocycles. The van der Waals surface area contributed by atoms with Crippen LogP contribution in [0.15, 0.2) is 11.5 Å². The van der Waals surface area contributed by atoms with Gasteiger partial charge in [0.15, 0.2) is 0 Å². The van der Waals surface area contributed by atoms with Crippen LogP contribution in [0.4, 0.5) is 0 Å². The van der Waals surface area contributed by atoms with Crippen LogP contribution in [-0.2, 0) is 14.4 Å². The summed E-state index contributed by atoms with van der Waals surface area (Å²) < 4.78 is 0. The summed E-state index contributed by atoms with van der Waals surface area (Å²) in [6.45, 7) is 9.99. The normalized spacial score (nSPS) is 11.8. The molecule has 0 aliphatic carbocycles. The first kappa shape index (κ1) is 21.9. The number of carbonyl (C=O) groups is 3. The summed E-state index contributed by atoms with van der Waals surface area (Å²) >= 11 is 2.89. The molecule has 0 aromatic rings. The molecule has 0 rings (SSSR count). The van der Waals surface area contributed by atoms with Crippen LogP contribution in [0.25, 0.3) is 0 Å². The van der Waals surface area contributed by atoms with Crippen molar-refractivity contribution in [1.82, 2.24) is 10.6 Å². The van der Waals surface area contributed by atoms with Crippen molar-refractivity contribution in [2.75, 3.05) is 18.1 Å². The molecule has 6 nitrogen and oxygen atoms in total. The van der Waals surface area contributed by atoms with Gasteiger partial charge < -0.3 is 16.4 Å². The van der Waals surface area contributed by atoms with Gasteiger partial charge in [-0.1, -0.05) is 20.4 Å². The van der Waals surface area contributed by atoms with Crippen molar-refractivity contribution < 1.29 is 14.4 Å². The van der Waals surface area contributed by atoms with Crippen LogP contribution in [0.1, 0.15) is 33.6 Å². The van der Waals surface area contributed by atoms with Gasteiger partial charge in [-0.3, -0.25) is 14.4 Å². The average molecular weight is 362 g/mol. The summed E-state index contributed by atoms with van der Waals surface area (Å²) in [6, 6.07) is -0.697. The Hall–Kier alpha value is -1.15. The molecule has 0 saturated carbocycles. The fourth-order valence-electron chi connectivity index (χ4n) is 1.54. The highest BCUT2D eigenvalue weighted by Crippen LogP contribution is 2.10. The zero-order valence-electron chi connectivity index (χ0n) is 14.0. The van der Waals surface area contributed by atoms with Crippen LogP contribution < -0.4 is 16.4 Å². The third-order valence-corrected chi connectivity index (χ3v) is 4.66. The highest BCUT2D eigenvalue weighted by atomic mass is 32.2. The Morgan fingerprint density at radius 2 is 1.83 bits per heavy atom. The Labute approximate surface area is 146 Å². The number of amides is 3. The Kier molecular flexibility index (Phi) is 11.7. The molecule has 0 heterocycles. The fraction of sp³-hybridized carbons (Fsp3) is 0.667. The molecular weight excluding hydrogens is 334 g/mol. The Balaban J connectivity index is 4.01. The Morgan fingerprint density at radius 3 is 2.35 bits per heavy atom. The third kappa shape index (κ3) is 13.0. The number of nitrogens with one attached hydrogen (secondary N) is 2. The second-order valence-corrected chi connectivity index (χ2v) is 8.20. The van der Waals surface area contributed by atoms with Gasteiger partial charge in [0.25, 0.3) is 0 Å². The monoisotopic (exact) mass is 361 g/mol. The van der Waals surface area contributed by atoms with Gasteiger partial charge in [0.05, 0.1) is 11.5 Å². The second-order valence-electron chi connectivity index (χ2n) is 5.37. The zero-order chi connectivity index (χ0) is 17.8. The first-order chi connectivity index (χ1) is 10.7. The van der Waals surface area contributed by atoms with E-state index in [9.17, 15) is 14.4 Å².